The molecule has 1 N–H and O–H groups in total. The van der Waals surface area contributed by atoms with Crippen molar-refractivity contribution in [3.63, 3.8) is 0 Å². The molecule has 1 nitrogen and oxygen atoms in total. The van der Waals surface area contributed by atoms with Crippen molar-refractivity contribution in [1.82, 2.24) is 5.32 Å². The van der Waals surface area contributed by atoms with E-state index in [4.69, 9.17) is 0 Å². The van der Waals surface area contributed by atoms with Crippen molar-refractivity contribution in [1.29, 1.82) is 0 Å². The average molecular weight is 279 g/mol. The third-order valence-electron chi connectivity index (χ3n) is 4.64. The van der Waals surface area contributed by atoms with Gasteiger partial charge < -0.3 is 5.32 Å². The Hall–Kier alpha value is -0.340. The highest BCUT2D eigenvalue weighted by Crippen LogP contribution is 2.35. The van der Waals surface area contributed by atoms with E-state index in [2.05, 4.69) is 36.7 Å². The van der Waals surface area contributed by atoms with Gasteiger partial charge in [-0.25, -0.2) is 0 Å². The minimum Gasteiger partial charge on any atom is -0.313 e. The lowest BCUT2D eigenvalue weighted by molar-refractivity contribution is 0.212. The van der Waals surface area contributed by atoms with Crippen LogP contribution in [0, 0.1) is 5.41 Å². The molecule has 1 fully saturated rings. The first kappa shape index (κ1) is 15.1. The smallest absolute Gasteiger partial charge is 0.00684 e. The van der Waals surface area contributed by atoms with Crippen LogP contribution >= 0.6 is 11.3 Å². The van der Waals surface area contributed by atoms with Crippen LogP contribution in [0.15, 0.2) is 17.5 Å². The van der Waals surface area contributed by atoms with E-state index in [0.717, 1.165) is 6.04 Å². The first-order valence-electron chi connectivity index (χ1n) is 8.04. The Morgan fingerprint density at radius 3 is 2.74 bits per heavy atom. The van der Waals surface area contributed by atoms with Crippen molar-refractivity contribution in [2.24, 2.45) is 5.41 Å². The van der Waals surface area contributed by atoms with E-state index in [9.17, 15) is 0 Å². The van der Waals surface area contributed by atoms with Gasteiger partial charge >= 0.3 is 0 Å². The van der Waals surface area contributed by atoms with Crippen molar-refractivity contribution in [2.75, 3.05) is 6.54 Å². The van der Waals surface area contributed by atoms with Gasteiger partial charge in [0.25, 0.3) is 0 Å². The van der Waals surface area contributed by atoms with Crippen LogP contribution in [-0.4, -0.2) is 12.6 Å². The summed E-state index contributed by atoms with van der Waals surface area (Å²) in [6.07, 6.45) is 10.8. The first-order chi connectivity index (χ1) is 9.28. The van der Waals surface area contributed by atoms with E-state index in [0.29, 0.717) is 5.41 Å². The van der Waals surface area contributed by atoms with E-state index in [1.165, 1.54) is 57.9 Å². The lowest BCUT2D eigenvalue weighted by Gasteiger charge is -2.33. The summed E-state index contributed by atoms with van der Waals surface area (Å²) >= 11 is 1.91. The highest BCUT2D eigenvalue weighted by atomic mass is 32.1. The van der Waals surface area contributed by atoms with E-state index in [1.54, 1.807) is 4.88 Å². The molecule has 1 atom stereocenters. The van der Waals surface area contributed by atoms with Gasteiger partial charge in [-0.15, -0.1) is 11.3 Å². The Morgan fingerprint density at radius 1 is 1.32 bits per heavy atom. The Morgan fingerprint density at radius 2 is 2.16 bits per heavy atom. The van der Waals surface area contributed by atoms with Crippen LogP contribution in [0.1, 0.15) is 63.7 Å². The molecule has 0 amide bonds. The molecule has 1 aliphatic carbocycles. The minimum absolute atomic E-state index is 0.530. The summed E-state index contributed by atoms with van der Waals surface area (Å²) in [6.45, 7) is 5.94. The zero-order chi connectivity index (χ0) is 13.6. The lowest BCUT2D eigenvalue weighted by Crippen LogP contribution is -2.35. The maximum atomic E-state index is 3.79. The fourth-order valence-corrected chi connectivity index (χ4v) is 3.53. The standard InChI is InChI=1S/C17H29NS/c1-3-5-11-17(4-2,14-18-15-8-9-15)12-10-16-7-6-13-19-16/h6-7,13,15,18H,3-5,8-12,14H2,1-2H3. The molecular formula is C17H29NS. The number of hydrogen-bond donors (Lipinski definition) is 1. The summed E-state index contributed by atoms with van der Waals surface area (Å²) in [6, 6.07) is 5.32. The Bertz CT molecular complexity index is 342. The van der Waals surface area contributed by atoms with Crippen molar-refractivity contribution in [3.05, 3.63) is 22.4 Å². The van der Waals surface area contributed by atoms with Crippen molar-refractivity contribution in [2.45, 2.75) is 71.3 Å². The molecule has 1 saturated carbocycles. The van der Waals surface area contributed by atoms with Gasteiger partial charge in [-0.1, -0.05) is 32.8 Å². The van der Waals surface area contributed by atoms with Crippen LogP contribution in [0.2, 0.25) is 0 Å². The molecule has 19 heavy (non-hydrogen) atoms. The molecule has 0 saturated heterocycles. The predicted octanol–water partition coefficient (Wildman–Crippen LogP) is 5.02. The highest BCUT2D eigenvalue weighted by Gasteiger charge is 2.30. The fourth-order valence-electron chi connectivity index (χ4n) is 2.82. The molecule has 2 rings (SSSR count). The minimum atomic E-state index is 0.530. The van der Waals surface area contributed by atoms with Crippen LogP contribution in [0.3, 0.4) is 0 Å². The molecule has 2 heteroatoms. The maximum Gasteiger partial charge on any atom is 0.00684 e. The molecule has 1 aromatic heterocycles. The Balaban J connectivity index is 1.88. The zero-order valence-corrected chi connectivity index (χ0v) is 13.4. The van der Waals surface area contributed by atoms with Gasteiger partial charge in [0.15, 0.2) is 0 Å². The molecule has 1 unspecified atom stereocenters. The number of rotatable bonds is 10. The summed E-state index contributed by atoms with van der Waals surface area (Å²) in [5, 5.41) is 6.00. The summed E-state index contributed by atoms with van der Waals surface area (Å²) in [7, 11) is 0. The van der Waals surface area contributed by atoms with Crippen LogP contribution in [-0.2, 0) is 6.42 Å². The summed E-state index contributed by atoms with van der Waals surface area (Å²) in [5.74, 6) is 0. The van der Waals surface area contributed by atoms with Crippen LogP contribution < -0.4 is 5.32 Å². The SMILES string of the molecule is CCCCC(CC)(CCc1cccs1)CNC1CC1. The molecule has 0 radical (unpaired) electrons. The number of aryl methyl sites for hydroxylation is 1. The van der Waals surface area contributed by atoms with Crippen LogP contribution in [0.5, 0.6) is 0 Å². The summed E-state index contributed by atoms with van der Waals surface area (Å²) in [4.78, 5) is 1.56. The first-order valence-corrected chi connectivity index (χ1v) is 8.92. The number of nitrogens with one attached hydrogen (secondary N) is 1. The van der Waals surface area contributed by atoms with Gasteiger partial charge in [0.1, 0.15) is 0 Å². The van der Waals surface area contributed by atoms with E-state index >= 15 is 0 Å². The number of thiophene rings is 1. The van der Waals surface area contributed by atoms with Gasteiger partial charge in [0.2, 0.25) is 0 Å². The number of unbranched alkanes of at least 4 members (excludes halogenated alkanes) is 1. The van der Waals surface area contributed by atoms with Crippen molar-refractivity contribution < 1.29 is 0 Å². The van der Waals surface area contributed by atoms with Crippen molar-refractivity contribution >= 4 is 11.3 Å². The normalized spacial score (nSPS) is 18.4. The fraction of sp³-hybridized carbons (Fsp3) is 0.765. The molecule has 108 valence electrons. The Kier molecular flexibility index (Phi) is 5.90. The van der Waals surface area contributed by atoms with Gasteiger partial charge in [0, 0.05) is 17.5 Å². The largest absolute Gasteiger partial charge is 0.313 e. The average Bonchev–Trinajstić information content (AvgIpc) is 3.13. The molecule has 1 aromatic rings. The lowest BCUT2D eigenvalue weighted by atomic mass is 9.76. The quantitative estimate of drug-likeness (QED) is 0.634. The molecule has 0 spiro atoms. The summed E-state index contributed by atoms with van der Waals surface area (Å²) in [5.41, 5.74) is 0.530. The summed E-state index contributed by atoms with van der Waals surface area (Å²) < 4.78 is 0. The second-order valence-corrected chi connectivity index (χ2v) is 7.22. The molecule has 1 heterocycles. The molecule has 1 aliphatic rings. The Labute approximate surface area is 122 Å². The predicted molar refractivity (Wildman–Crippen MR) is 85.9 cm³/mol. The topological polar surface area (TPSA) is 12.0 Å². The third kappa shape index (κ3) is 4.92. The van der Waals surface area contributed by atoms with Gasteiger partial charge in [-0.3, -0.25) is 0 Å². The maximum absolute atomic E-state index is 3.79. The molecule has 0 aromatic carbocycles. The third-order valence-corrected chi connectivity index (χ3v) is 5.57. The molecule has 0 bridgehead atoms. The van der Waals surface area contributed by atoms with E-state index in [-0.39, 0.29) is 0 Å². The molecule has 0 aliphatic heterocycles. The van der Waals surface area contributed by atoms with E-state index < -0.39 is 0 Å². The highest BCUT2D eigenvalue weighted by molar-refractivity contribution is 7.09. The second kappa shape index (κ2) is 7.44. The van der Waals surface area contributed by atoms with Crippen LogP contribution in [0.25, 0.3) is 0 Å². The number of hydrogen-bond acceptors (Lipinski definition) is 2. The second-order valence-electron chi connectivity index (χ2n) is 6.19. The monoisotopic (exact) mass is 279 g/mol. The van der Waals surface area contributed by atoms with Gasteiger partial charge in [-0.2, -0.15) is 0 Å². The molecular weight excluding hydrogens is 250 g/mol. The van der Waals surface area contributed by atoms with E-state index in [1.807, 2.05) is 11.3 Å². The van der Waals surface area contributed by atoms with Gasteiger partial charge in [0.05, 0.1) is 0 Å². The van der Waals surface area contributed by atoms with Crippen LogP contribution in [0.4, 0.5) is 0 Å². The van der Waals surface area contributed by atoms with Crippen molar-refractivity contribution in [3.8, 4) is 0 Å². The zero-order valence-electron chi connectivity index (χ0n) is 12.6. The van der Waals surface area contributed by atoms with Gasteiger partial charge in [-0.05, 0) is 55.4 Å².